The molecule has 102 valence electrons. The van der Waals surface area contributed by atoms with E-state index >= 15 is 0 Å². The molecule has 0 bridgehead atoms. The van der Waals surface area contributed by atoms with Crippen molar-refractivity contribution >= 4 is 17.1 Å². The van der Waals surface area contributed by atoms with Gasteiger partial charge in [-0.1, -0.05) is 6.07 Å². The summed E-state index contributed by atoms with van der Waals surface area (Å²) in [4.78, 5) is 26.4. The molecule has 19 heavy (non-hydrogen) atoms. The summed E-state index contributed by atoms with van der Waals surface area (Å²) in [5.41, 5.74) is 7.35. The number of benzene rings is 1. The van der Waals surface area contributed by atoms with Gasteiger partial charge in [0.15, 0.2) is 5.58 Å². The van der Waals surface area contributed by atoms with Crippen molar-refractivity contribution in [2.24, 2.45) is 5.73 Å². The van der Waals surface area contributed by atoms with Gasteiger partial charge in [0.25, 0.3) is 0 Å². The molecule has 0 fully saturated rings. The third-order valence-corrected chi connectivity index (χ3v) is 2.97. The van der Waals surface area contributed by atoms with Crippen LogP contribution < -0.4 is 11.5 Å². The topological polar surface area (TPSA) is 113 Å². The number of aromatic amines is 1. The molecule has 0 aliphatic carbocycles. The van der Waals surface area contributed by atoms with Gasteiger partial charge in [0.1, 0.15) is 6.04 Å². The zero-order chi connectivity index (χ0) is 14.2. The molecular formula is C12H15N3O4. The minimum Gasteiger partial charge on any atom is -0.480 e. The average Bonchev–Trinajstić information content (AvgIpc) is 2.67. The van der Waals surface area contributed by atoms with Crippen LogP contribution in [0, 0.1) is 0 Å². The van der Waals surface area contributed by atoms with Gasteiger partial charge in [0.05, 0.1) is 11.6 Å². The fourth-order valence-electron chi connectivity index (χ4n) is 2.12. The van der Waals surface area contributed by atoms with Crippen LogP contribution in [0.2, 0.25) is 0 Å². The quantitative estimate of drug-likeness (QED) is 0.724. The molecule has 0 saturated heterocycles. The Morgan fingerprint density at radius 1 is 1.47 bits per heavy atom. The second-order valence-corrected chi connectivity index (χ2v) is 4.54. The highest BCUT2D eigenvalue weighted by Crippen LogP contribution is 2.24. The van der Waals surface area contributed by atoms with Crippen LogP contribution in [0.15, 0.2) is 27.4 Å². The Hall–Kier alpha value is -2.12. The van der Waals surface area contributed by atoms with Gasteiger partial charge in [0.2, 0.25) is 0 Å². The molecule has 2 aromatic rings. The fraction of sp³-hybridized carbons (Fsp3) is 0.333. The van der Waals surface area contributed by atoms with Gasteiger partial charge >= 0.3 is 11.7 Å². The van der Waals surface area contributed by atoms with Crippen molar-refractivity contribution in [3.63, 3.8) is 0 Å². The number of aromatic nitrogens is 1. The highest BCUT2D eigenvalue weighted by molar-refractivity contribution is 5.76. The number of aliphatic carboxylic acids is 1. The monoisotopic (exact) mass is 265 g/mol. The lowest BCUT2D eigenvalue weighted by atomic mass is 9.98. The summed E-state index contributed by atoms with van der Waals surface area (Å²) in [7, 11) is 3.49. The van der Waals surface area contributed by atoms with Crippen LogP contribution in [0.1, 0.15) is 11.6 Å². The van der Waals surface area contributed by atoms with Crippen LogP contribution in [-0.4, -0.2) is 41.1 Å². The maximum absolute atomic E-state index is 11.1. The standard InChI is InChI=1S/C12H15N3O4/c1-15(2)10(9(13)11(16)17)6-3-4-8-7(5-6)14-12(18)19-8/h3-5,9-10H,13H2,1-2H3,(H,14,18)(H,16,17). The highest BCUT2D eigenvalue weighted by atomic mass is 16.4. The van der Waals surface area contributed by atoms with E-state index in [1.165, 1.54) is 0 Å². The smallest absolute Gasteiger partial charge is 0.417 e. The maximum Gasteiger partial charge on any atom is 0.417 e. The molecule has 2 unspecified atom stereocenters. The Labute approximate surface area is 108 Å². The summed E-state index contributed by atoms with van der Waals surface area (Å²) < 4.78 is 4.90. The third-order valence-electron chi connectivity index (χ3n) is 2.97. The SMILES string of the molecule is CN(C)C(c1ccc2oc(=O)[nH]c2c1)C(N)C(=O)O. The van der Waals surface area contributed by atoms with E-state index in [4.69, 9.17) is 15.3 Å². The zero-order valence-electron chi connectivity index (χ0n) is 10.6. The number of carboxylic acids is 1. The van der Waals surface area contributed by atoms with Crippen molar-refractivity contribution in [3.05, 3.63) is 34.3 Å². The molecule has 0 radical (unpaired) electrons. The van der Waals surface area contributed by atoms with Gasteiger partial charge in [-0.3, -0.25) is 9.78 Å². The number of carbonyl (C=O) groups is 1. The van der Waals surface area contributed by atoms with Gasteiger partial charge in [-0.05, 0) is 31.8 Å². The lowest BCUT2D eigenvalue weighted by molar-refractivity contribution is -0.140. The fourth-order valence-corrected chi connectivity index (χ4v) is 2.12. The van der Waals surface area contributed by atoms with E-state index < -0.39 is 23.8 Å². The van der Waals surface area contributed by atoms with Gasteiger partial charge in [-0.25, -0.2) is 4.79 Å². The number of oxazole rings is 1. The van der Waals surface area contributed by atoms with Crippen LogP contribution in [0.4, 0.5) is 0 Å². The summed E-state index contributed by atoms with van der Waals surface area (Å²) in [6, 6.07) is 3.43. The predicted octanol–water partition coefficient (Wildman–Crippen LogP) is 0.136. The van der Waals surface area contributed by atoms with Crippen molar-refractivity contribution < 1.29 is 14.3 Å². The highest BCUT2D eigenvalue weighted by Gasteiger charge is 2.28. The first kappa shape index (κ1) is 13.3. The number of nitrogens with zero attached hydrogens (tertiary/aromatic N) is 1. The average molecular weight is 265 g/mol. The van der Waals surface area contributed by atoms with E-state index in [0.717, 1.165) is 0 Å². The number of fused-ring (bicyclic) bond motifs is 1. The van der Waals surface area contributed by atoms with Gasteiger partial charge in [-0.2, -0.15) is 0 Å². The molecule has 0 saturated carbocycles. The molecule has 2 atom stereocenters. The lowest BCUT2D eigenvalue weighted by Crippen LogP contribution is -2.43. The summed E-state index contributed by atoms with van der Waals surface area (Å²) in [5, 5.41) is 9.05. The molecule has 0 amide bonds. The molecule has 1 aromatic heterocycles. The Morgan fingerprint density at radius 2 is 2.16 bits per heavy atom. The van der Waals surface area contributed by atoms with Crippen molar-refractivity contribution in [2.45, 2.75) is 12.1 Å². The Morgan fingerprint density at radius 3 is 2.74 bits per heavy atom. The Bertz CT molecular complexity index is 658. The van der Waals surface area contributed by atoms with Crippen molar-refractivity contribution in [1.82, 2.24) is 9.88 Å². The summed E-state index contributed by atoms with van der Waals surface area (Å²) >= 11 is 0. The first-order chi connectivity index (χ1) is 8.90. The van der Waals surface area contributed by atoms with Crippen LogP contribution >= 0.6 is 0 Å². The van der Waals surface area contributed by atoms with Crippen LogP contribution in [0.5, 0.6) is 0 Å². The summed E-state index contributed by atoms with van der Waals surface area (Å²) in [6.45, 7) is 0. The van der Waals surface area contributed by atoms with E-state index in [9.17, 15) is 9.59 Å². The number of H-pyrrole nitrogens is 1. The molecule has 0 aliphatic rings. The largest absolute Gasteiger partial charge is 0.480 e. The van der Waals surface area contributed by atoms with Crippen LogP contribution in [-0.2, 0) is 4.79 Å². The number of rotatable bonds is 4. The number of likely N-dealkylation sites (N-methyl/N-ethyl adjacent to an activating group) is 1. The van der Waals surface area contributed by atoms with Crippen molar-refractivity contribution in [3.8, 4) is 0 Å². The molecule has 0 spiro atoms. The third kappa shape index (κ3) is 2.51. The molecule has 2 rings (SSSR count). The van der Waals surface area contributed by atoms with Gasteiger partial charge in [-0.15, -0.1) is 0 Å². The van der Waals surface area contributed by atoms with E-state index in [1.807, 2.05) is 0 Å². The second-order valence-electron chi connectivity index (χ2n) is 4.54. The molecule has 7 heteroatoms. The molecule has 1 heterocycles. The van der Waals surface area contributed by atoms with E-state index in [2.05, 4.69) is 4.98 Å². The van der Waals surface area contributed by atoms with Crippen molar-refractivity contribution in [2.75, 3.05) is 14.1 Å². The van der Waals surface area contributed by atoms with E-state index in [0.29, 0.717) is 16.7 Å². The number of hydrogen-bond acceptors (Lipinski definition) is 5. The number of hydrogen-bond donors (Lipinski definition) is 3. The Balaban J connectivity index is 2.49. The number of carboxylic acid groups (broad SMARTS) is 1. The molecule has 1 aromatic carbocycles. The summed E-state index contributed by atoms with van der Waals surface area (Å²) in [6.07, 6.45) is 0. The number of nitrogens with one attached hydrogen (secondary N) is 1. The normalized spacial score (nSPS) is 14.7. The summed E-state index contributed by atoms with van der Waals surface area (Å²) in [5.74, 6) is -1.63. The predicted molar refractivity (Wildman–Crippen MR) is 68.9 cm³/mol. The first-order valence-corrected chi connectivity index (χ1v) is 5.67. The maximum atomic E-state index is 11.1. The molecular weight excluding hydrogens is 250 g/mol. The van der Waals surface area contributed by atoms with Crippen LogP contribution in [0.3, 0.4) is 0 Å². The van der Waals surface area contributed by atoms with Crippen LogP contribution in [0.25, 0.3) is 11.1 Å². The Kier molecular flexibility index (Phi) is 3.41. The van der Waals surface area contributed by atoms with Gasteiger partial charge in [0, 0.05) is 0 Å². The minimum absolute atomic E-state index is 0.426. The minimum atomic E-state index is -1.08. The lowest BCUT2D eigenvalue weighted by Gasteiger charge is -2.27. The van der Waals surface area contributed by atoms with E-state index in [1.54, 1.807) is 37.2 Å². The first-order valence-electron chi connectivity index (χ1n) is 5.67. The molecule has 7 nitrogen and oxygen atoms in total. The second kappa shape index (κ2) is 4.87. The zero-order valence-corrected chi connectivity index (χ0v) is 10.6. The molecule has 4 N–H and O–H groups in total. The van der Waals surface area contributed by atoms with E-state index in [-0.39, 0.29) is 0 Å². The molecule has 0 aliphatic heterocycles. The van der Waals surface area contributed by atoms with Crippen molar-refractivity contribution in [1.29, 1.82) is 0 Å². The van der Waals surface area contributed by atoms with Gasteiger partial charge < -0.3 is 20.2 Å². The number of nitrogens with two attached hydrogens (primary N) is 1.